The second-order valence-corrected chi connectivity index (χ2v) is 8.49. The van der Waals surface area contributed by atoms with Crippen LogP contribution in [0.25, 0.3) is 10.1 Å². The molecule has 0 aliphatic heterocycles. The van der Waals surface area contributed by atoms with Crippen LogP contribution in [0.3, 0.4) is 0 Å². The maximum absolute atomic E-state index is 13.4. The molecule has 0 atom stereocenters. The van der Waals surface area contributed by atoms with Crippen LogP contribution in [-0.2, 0) is 6.42 Å². The molecule has 0 aliphatic carbocycles. The second kappa shape index (κ2) is 9.32. The Morgan fingerprint density at radius 3 is 2.19 bits per heavy atom. The molecule has 32 heavy (non-hydrogen) atoms. The number of hydrogen-bond donors (Lipinski definition) is 1. The van der Waals surface area contributed by atoms with E-state index in [-0.39, 0.29) is 5.91 Å². The van der Waals surface area contributed by atoms with Gasteiger partial charge >= 0.3 is 0 Å². The summed E-state index contributed by atoms with van der Waals surface area (Å²) in [5, 5.41) is 4.12. The Morgan fingerprint density at radius 1 is 0.906 bits per heavy atom. The molecule has 4 aromatic rings. The summed E-state index contributed by atoms with van der Waals surface area (Å²) in [6.45, 7) is 2.07. The van der Waals surface area contributed by atoms with Crippen LogP contribution in [0.1, 0.15) is 26.4 Å². The van der Waals surface area contributed by atoms with Gasteiger partial charge in [0.1, 0.15) is 0 Å². The predicted molar refractivity (Wildman–Crippen MR) is 130 cm³/mol. The molecule has 0 radical (unpaired) electrons. The predicted octanol–water partition coefficient (Wildman–Crippen LogP) is 6.08. The van der Waals surface area contributed by atoms with Crippen LogP contribution in [0.5, 0.6) is 17.2 Å². The molecule has 0 spiro atoms. The van der Waals surface area contributed by atoms with Gasteiger partial charge in [-0.1, -0.05) is 48.0 Å². The average Bonchev–Trinajstić information content (AvgIpc) is 3.18. The molecule has 0 saturated carbocycles. The number of fused-ring (bicyclic) bond motifs is 1. The highest BCUT2D eigenvalue weighted by Crippen LogP contribution is 2.40. The minimum absolute atomic E-state index is 0.164. The number of anilines is 1. The maximum Gasteiger partial charge on any atom is 0.266 e. The monoisotopic (exact) mass is 447 g/mol. The van der Waals surface area contributed by atoms with Crippen molar-refractivity contribution in [2.75, 3.05) is 26.6 Å². The van der Waals surface area contributed by atoms with Crippen molar-refractivity contribution in [3.63, 3.8) is 0 Å². The molecule has 0 aliphatic rings. The standard InChI is InChI=1S/C26H25NO4S/c1-16-9-11-17(12-10-16)13-20-19-7-5-6-8-23(19)32-25(20)26(28)27-18-14-21(29-2)24(31-4)22(15-18)30-3/h5-12,14-15H,13H2,1-4H3,(H,27,28). The number of amides is 1. The zero-order valence-electron chi connectivity index (χ0n) is 18.5. The number of carbonyl (C=O) groups is 1. The van der Waals surface area contributed by atoms with Crippen LogP contribution in [0.2, 0.25) is 0 Å². The average molecular weight is 448 g/mol. The molecule has 164 valence electrons. The Kier molecular flexibility index (Phi) is 6.32. The molecule has 0 fully saturated rings. The van der Waals surface area contributed by atoms with Crippen LogP contribution in [-0.4, -0.2) is 27.2 Å². The van der Waals surface area contributed by atoms with Gasteiger partial charge in [0.25, 0.3) is 5.91 Å². The SMILES string of the molecule is COc1cc(NC(=O)c2sc3ccccc3c2Cc2ccc(C)cc2)cc(OC)c1OC. The van der Waals surface area contributed by atoms with E-state index in [1.165, 1.54) is 22.5 Å². The van der Waals surface area contributed by atoms with Crippen molar-refractivity contribution in [3.8, 4) is 17.2 Å². The highest BCUT2D eigenvalue weighted by atomic mass is 32.1. The second-order valence-electron chi connectivity index (χ2n) is 7.44. The van der Waals surface area contributed by atoms with Gasteiger partial charge in [0.05, 0.1) is 26.2 Å². The topological polar surface area (TPSA) is 56.8 Å². The van der Waals surface area contributed by atoms with E-state index in [0.717, 1.165) is 15.6 Å². The Hall–Kier alpha value is -3.51. The van der Waals surface area contributed by atoms with E-state index >= 15 is 0 Å². The first kappa shape index (κ1) is 21.7. The largest absolute Gasteiger partial charge is 0.493 e. The van der Waals surface area contributed by atoms with Gasteiger partial charge in [-0.2, -0.15) is 0 Å². The van der Waals surface area contributed by atoms with E-state index in [9.17, 15) is 4.79 Å². The summed E-state index contributed by atoms with van der Waals surface area (Å²) >= 11 is 1.50. The summed E-state index contributed by atoms with van der Waals surface area (Å²) in [4.78, 5) is 14.1. The minimum atomic E-state index is -0.164. The Morgan fingerprint density at radius 2 is 1.56 bits per heavy atom. The van der Waals surface area contributed by atoms with Crippen molar-refractivity contribution in [1.82, 2.24) is 0 Å². The van der Waals surface area contributed by atoms with E-state index in [4.69, 9.17) is 14.2 Å². The first-order chi connectivity index (χ1) is 15.5. The maximum atomic E-state index is 13.4. The lowest BCUT2D eigenvalue weighted by Gasteiger charge is -2.14. The molecule has 5 nitrogen and oxygen atoms in total. The van der Waals surface area contributed by atoms with Crippen molar-refractivity contribution < 1.29 is 19.0 Å². The fraction of sp³-hybridized carbons (Fsp3) is 0.192. The number of ether oxygens (including phenoxy) is 3. The molecule has 1 N–H and O–H groups in total. The third-order valence-electron chi connectivity index (χ3n) is 5.33. The minimum Gasteiger partial charge on any atom is -0.493 e. The first-order valence-corrected chi connectivity index (χ1v) is 11.0. The first-order valence-electron chi connectivity index (χ1n) is 10.2. The molecule has 0 bridgehead atoms. The number of carbonyl (C=O) groups excluding carboxylic acids is 1. The number of hydrogen-bond acceptors (Lipinski definition) is 5. The van der Waals surface area contributed by atoms with Gasteiger partial charge in [0.15, 0.2) is 11.5 Å². The number of rotatable bonds is 7. The van der Waals surface area contributed by atoms with Crippen molar-refractivity contribution in [1.29, 1.82) is 0 Å². The highest BCUT2D eigenvalue weighted by Gasteiger charge is 2.20. The van der Waals surface area contributed by atoms with Gasteiger partial charge in [0, 0.05) is 22.5 Å². The number of aryl methyl sites for hydroxylation is 1. The Bertz CT molecular complexity index is 1240. The van der Waals surface area contributed by atoms with Crippen molar-refractivity contribution in [3.05, 3.63) is 82.2 Å². The Balaban J connectivity index is 1.72. The van der Waals surface area contributed by atoms with E-state index in [1.807, 2.05) is 12.1 Å². The van der Waals surface area contributed by atoms with E-state index in [1.54, 1.807) is 33.5 Å². The van der Waals surface area contributed by atoms with Crippen LogP contribution >= 0.6 is 11.3 Å². The summed E-state index contributed by atoms with van der Waals surface area (Å²) in [7, 11) is 4.65. The van der Waals surface area contributed by atoms with Gasteiger partial charge in [0.2, 0.25) is 5.75 Å². The van der Waals surface area contributed by atoms with Crippen LogP contribution in [0, 0.1) is 6.92 Å². The highest BCUT2D eigenvalue weighted by molar-refractivity contribution is 7.21. The summed E-state index contributed by atoms with van der Waals surface area (Å²) in [6.07, 6.45) is 0.683. The summed E-state index contributed by atoms with van der Waals surface area (Å²) < 4.78 is 17.3. The summed E-state index contributed by atoms with van der Waals surface area (Å²) in [5.74, 6) is 1.29. The molecule has 6 heteroatoms. The fourth-order valence-corrected chi connectivity index (χ4v) is 4.83. The lowest BCUT2D eigenvalue weighted by molar-refractivity contribution is 0.103. The summed E-state index contributed by atoms with van der Waals surface area (Å²) in [5.41, 5.74) is 3.98. The van der Waals surface area contributed by atoms with Crippen LogP contribution < -0.4 is 19.5 Å². The number of nitrogens with one attached hydrogen (secondary N) is 1. The molecule has 3 aromatic carbocycles. The number of benzene rings is 3. The molecular formula is C26H25NO4S. The van der Waals surface area contributed by atoms with E-state index in [0.29, 0.717) is 34.2 Å². The molecule has 1 amide bonds. The van der Waals surface area contributed by atoms with Gasteiger partial charge in [-0.05, 0) is 35.9 Å². The number of methoxy groups -OCH3 is 3. The van der Waals surface area contributed by atoms with Crippen LogP contribution in [0.15, 0.2) is 60.7 Å². The fourth-order valence-electron chi connectivity index (χ4n) is 3.71. The van der Waals surface area contributed by atoms with Crippen LogP contribution in [0.4, 0.5) is 5.69 Å². The molecular weight excluding hydrogens is 422 g/mol. The quantitative estimate of drug-likeness (QED) is 0.373. The lowest BCUT2D eigenvalue weighted by atomic mass is 10.0. The summed E-state index contributed by atoms with van der Waals surface area (Å²) in [6, 6.07) is 20.0. The molecule has 0 unspecified atom stereocenters. The van der Waals surface area contributed by atoms with Gasteiger partial charge in [-0.15, -0.1) is 11.3 Å². The molecule has 4 rings (SSSR count). The lowest BCUT2D eigenvalue weighted by Crippen LogP contribution is -2.13. The zero-order valence-corrected chi connectivity index (χ0v) is 19.3. The van der Waals surface area contributed by atoms with Crippen molar-refractivity contribution >= 4 is 33.0 Å². The Labute approximate surface area is 191 Å². The van der Waals surface area contributed by atoms with E-state index in [2.05, 4.69) is 48.6 Å². The van der Waals surface area contributed by atoms with Crippen molar-refractivity contribution in [2.45, 2.75) is 13.3 Å². The zero-order chi connectivity index (χ0) is 22.7. The smallest absolute Gasteiger partial charge is 0.266 e. The van der Waals surface area contributed by atoms with Gasteiger partial charge < -0.3 is 19.5 Å². The molecule has 1 aromatic heterocycles. The molecule has 0 saturated heterocycles. The van der Waals surface area contributed by atoms with E-state index < -0.39 is 0 Å². The van der Waals surface area contributed by atoms with Gasteiger partial charge in [-0.25, -0.2) is 0 Å². The normalized spacial score (nSPS) is 10.8. The third-order valence-corrected chi connectivity index (χ3v) is 6.54. The third kappa shape index (κ3) is 4.27. The van der Waals surface area contributed by atoms with Crippen molar-refractivity contribution in [2.24, 2.45) is 0 Å². The molecule has 1 heterocycles. The van der Waals surface area contributed by atoms with Gasteiger partial charge in [-0.3, -0.25) is 4.79 Å². The number of thiophene rings is 1.